The van der Waals surface area contributed by atoms with Crippen molar-refractivity contribution < 1.29 is 4.74 Å². The van der Waals surface area contributed by atoms with Crippen LogP contribution in [0.3, 0.4) is 0 Å². The molecule has 1 atom stereocenters. The smallest absolute Gasteiger partial charge is 0.125 e. The van der Waals surface area contributed by atoms with E-state index < -0.39 is 0 Å². The number of hydrogen-bond donors (Lipinski definition) is 1. The summed E-state index contributed by atoms with van der Waals surface area (Å²) in [6.45, 7) is 14.2. The van der Waals surface area contributed by atoms with E-state index in [4.69, 9.17) is 4.74 Å². The van der Waals surface area contributed by atoms with Crippen LogP contribution >= 0.6 is 0 Å². The third-order valence-electron chi connectivity index (χ3n) is 3.67. The summed E-state index contributed by atoms with van der Waals surface area (Å²) in [6, 6.07) is 4.41. The molecule has 0 amide bonds. The summed E-state index contributed by atoms with van der Waals surface area (Å²) in [5.74, 6) is 1.56. The Hall–Kier alpha value is -1.02. The number of benzene rings is 1. The zero-order valence-electron chi connectivity index (χ0n) is 13.6. The zero-order chi connectivity index (χ0) is 14.6. The number of rotatable bonds is 5. The molecule has 0 heterocycles. The summed E-state index contributed by atoms with van der Waals surface area (Å²) in [4.78, 5) is 0. The van der Waals surface area contributed by atoms with Crippen molar-refractivity contribution in [1.29, 1.82) is 0 Å². The fourth-order valence-corrected chi connectivity index (χ4v) is 2.29. The van der Waals surface area contributed by atoms with Crippen molar-refractivity contribution in [2.24, 2.45) is 0 Å². The molecular formula is C17H29NO. The SMILES string of the molecule is COc1c(C(C)CCNC(C)(C)C)ccc(C)c1C. The van der Waals surface area contributed by atoms with E-state index in [2.05, 4.69) is 59.0 Å². The van der Waals surface area contributed by atoms with Crippen LogP contribution in [0.15, 0.2) is 12.1 Å². The van der Waals surface area contributed by atoms with Gasteiger partial charge in [0.1, 0.15) is 5.75 Å². The predicted molar refractivity (Wildman–Crippen MR) is 83.3 cm³/mol. The summed E-state index contributed by atoms with van der Waals surface area (Å²) >= 11 is 0. The van der Waals surface area contributed by atoms with Crippen molar-refractivity contribution in [3.8, 4) is 5.75 Å². The topological polar surface area (TPSA) is 21.3 Å². The quantitative estimate of drug-likeness (QED) is 0.860. The first-order valence-corrected chi connectivity index (χ1v) is 7.15. The van der Waals surface area contributed by atoms with Crippen molar-refractivity contribution in [2.75, 3.05) is 13.7 Å². The molecule has 2 heteroatoms. The van der Waals surface area contributed by atoms with Crippen LogP contribution in [0, 0.1) is 13.8 Å². The standard InChI is InChI=1S/C17H29NO/c1-12-8-9-15(16(19-7)14(12)3)13(2)10-11-18-17(4,5)6/h8-9,13,18H,10-11H2,1-7H3. The summed E-state index contributed by atoms with van der Waals surface area (Å²) < 4.78 is 5.60. The molecule has 108 valence electrons. The molecule has 0 aliphatic rings. The summed E-state index contributed by atoms with van der Waals surface area (Å²) in [5, 5.41) is 3.55. The first-order chi connectivity index (χ1) is 8.76. The van der Waals surface area contributed by atoms with Crippen LogP contribution in [0.2, 0.25) is 0 Å². The average molecular weight is 263 g/mol. The third kappa shape index (κ3) is 4.54. The molecule has 0 aromatic heterocycles. The van der Waals surface area contributed by atoms with Gasteiger partial charge in [0.2, 0.25) is 0 Å². The van der Waals surface area contributed by atoms with Gasteiger partial charge in [0, 0.05) is 5.54 Å². The lowest BCUT2D eigenvalue weighted by Crippen LogP contribution is -2.36. The van der Waals surface area contributed by atoms with Crippen LogP contribution in [-0.4, -0.2) is 19.2 Å². The van der Waals surface area contributed by atoms with Gasteiger partial charge in [-0.3, -0.25) is 0 Å². The van der Waals surface area contributed by atoms with Gasteiger partial charge in [0.05, 0.1) is 7.11 Å². The van der Waals surface area contributed by atoms with Crippen LogP contribution in [0.1, 0.15) is 56.7 Å². The van der Waals surface area contributed by atoms with E-state index >= 15 is 0 Å². The van der Waals surface area contributed by atoms with Crippen molar-refractivity contribution >= 4 is 0 Å². The van der Waals surface area contributed by atoms with E-state index in [1.807, 2.05) is 0 Å². The molecule has 1 aromatic carbocycles. The molecule has 0 radical (unpaired) electrons. The zero-order valence-corrected chi connectivity index (χ0v) is 13.6. The maximum Gasteiger partial charge on any atom is 0.125 e. The second-order valence-corrected chi connectivity index (χ2v) is 6.50. The highest BCUT2D eigenvalue weighted by molar-refractivity contribution is 5.46. The van der Waals surface area contributed by atoms with Crippen molar-refractivity contribution in [3.05, 3.63) is 28.8 Å². The van der Waals surface area contributed by atoms with Gasteiger partial charge in [-0.25, -0.2) is 0 Å². The van der Waals surface area contributed by atoms with E-state index in [9.17, 15) is 0 Å². The Kier molecular flexibility index (Phi) is 5.42. The Balaban J connectivity index is 2.77. The van der Waals surface area contributed by atoms with E-state index in [0.717, 1.165) is 18.7 Å². The number of hydrogen-bond acceptors (Lipinski definition) is 2. The maximum atomic E-state index is 5.60. The summed E-state index contributed by atoms with van der Waals surface area (Å²) in [6.07, 6.45) is 1.12. The number of ether oxygens (including phenoxy) is 1. The Morgan fingerprint density at radius 2 is 1.84 bits per heavy atom. The highest BCUT2D eigenvalue weighted by Gasteiger charge is 2.15. The van der Waals surface area contributed by atoms with E-state index in [-0.39, 0.29) is 5.54 Å². The van der Waals surface area contributed by atoms with Gasteiger partial charge in [-0.15, -0.1) is 0 Å². The molecule has 1 rings (SSSR count). The lowest BCUT2D eigenvalue weighted by molar-refractivity contribution is 0.393. The van der Waals surface area contributed by atoms with Gasteiger partial charge >= 0.3 is 0 Å². The molecular weight excluding hydrogens is 234 g/mol. The van der Waals surface area contributed by atoms with Crippen LogP contribution in [0.4, 0.5) is 0 Å². The Morgan fingerprint density at radius 3 is 2.37 bits per heavy atom. The molecule has 1 unspecified atom stereocenters. The molecule has 0 saturated carbocycles. The van der Waals surface area contributed by atoms with Gasteiger partial charge < -0.3 is 10.1 Å². The van der Waals surface area contributed by atoms with Gasteiger partial charge in [-0.05, 0) is 70.2 Å². The van der Waals surface area contributed by atoms with E-state index in [1.165, 1.54) is 16.7 Å². The number of aryl methyl sites for hydroxylation is 1. The highest BCUT2D eigenvalue weighted by atomic mass is 16.5. The number of methoxy groups -OCH3 is 1. The maximum absolute atomic E-state index is 5.60. The van der Waals surface area contributed by atoms with Crippen molar-refractivity contribution in [2.45, 2.75) is 59.4 Å². The molecule has 0 aliphatic carbocycles. The Labute approximate surface area is 118 Å². The molecule has 0 aliphatic heterocycles. The molecule has 1 N–H and O–H groups in total. The second-order valence-electron chi connectivity index (χ2n) is 6.50. The Bertz CT molecular complexity index is 418. The van der Waals surface area contributed by atoms with Gasteiger partial charge in [0.15, 0.2) is 0 Å². The number of nitrogens with one attached hydrogen (secondary N) is 1. The largest absolute Gasteiger partial charge is 0.496 e. The fourth-order valence-electron chi connectivity index (χ4n) is 2.29. The Morgan fingerprint density at radius 1 is 1.21 bits per heavy atom. The van der Waals surface area contributed by atoms with Gasteiger partial charge in [-0.2, -0.15) is 0 Å². The van der Waals surface area contributed by atoms with Crippen LogP contribution in [-0.2, 0) is 0 Å². The lowest BCUT2D eigenvalue weighted by Gasteiger charge is -2.23. The third-order valence-corrected chi connectivity index (χ3v) is 3.67. The normalized spacial score (nSPS) is 13.4. The minimum atomic E-state index is 0.187. The summed E-state index contributed by atoms with van der Waals surface area (Å²) in [5.41, 5.74) is 4.06. The van der Waals surface area contributed by atoms with Crippen LogP contribution < -0.4 is 10.1 Å². The monoisotopic (exact) mass is 263 g/mol. The van der Waals surface area contributed by atoms with Gasteiger partial charge in [0.25, 0.3) is 0 Å². The van der Waals surface area contributed by atoms with Crippen LogP contribution in [0.5, 0.6) is 5.75 Å². The molecule has 0 saturated heterocycles. The first-order valence-electron chi connectivity index (χ1n) is 7.15. The molecule has 2 nitrogen and oxygen atoms in total. The van der Waals surface area contributed by atoms with Crippen molar-refractivity contribution in [1.82, 2.24) is 5.32 Å². The molecule has 19 heavy (non-hydrogen) atoms. The minimum absolute atomic E-state index is 0.187. The summed E-state index contributed by atoms with van der Waals surface area (Å²) in [7, 11) is 1.77. The predicted octanol–water partition coefficient (Wildman–Crippen LogP) is 4.19. The van der Waals surface area contributed by atoms with Crippen molar-refractivity contribution in [3.63, 3.8) is 0 Å². The molecule has 0 fully saturated rings. The molecule has 0 bridgehead atoms. The van der Waals surface area contributed by atoms with Crippen LogP contribution in [0.25, 0.3) is 0 Å². The van der Waals surface area contributed by atoms with Gasteiger partial charge in [-0.1, -0.05) is 19.1 Å². The minimum Gasteiger partial charge on any atom is -0.496 e. The molecule has 1 aromatic rings. The molecule has 0 spiro atoms. The second kappa shape index (κ2) is 6.42. The van der Waals surface area contributed by atoms with E-state index in [0.29, 0.717) is 5.92 Å². The first kappa shape index (κ1) is 16.0. The highest BCUT2D eigenvalue weighted by Crippen LogP contribution is 2.33. The fraction of sp³-hybridized carbons (Fsp3) is 0.647. The van der Waals surface area contributed by atoms with E-state index in [1.54, 1.807) is 7.11 Å². The lowest BCUT2D eigenvalue weighted by atomic mass is 9.93. The average Bonchev–Trinajstić information content (AvgIpc) is 2.30.